The van der Waals surface area contributed by atoms with Crippen molar-refractivity contribution < 1.29 is 9.18 Å². The van der Waals surface area contributed by atoms with Crippen molar-refractivity contribution in [1.29, 1.82) is 5.41 Å². The van der Waals surface area contributed by atoms with Crippen molar-refractivity contribution in [2.45, 2.75) is 0 Å². The highest BCUT2D eigenvalue weighted by Crippen LogP contribution is 2.25. The summed E-state index contributed by atoms with van der Waals surface area (Å²) in [7, 11) is 0. The van der Waals surface area contributed by atoms with Gasteiger partial charge in [0.1, 0.15) is 5.82 Å². The standard InChI is InChI=1S/C18H12ClFN4O/c19-11-1-2-14(20)12(6-11)18(22)13(7-21)15-3-4-16-17(24-15)5-10(9-25)8-23-16/h1-9,21H,22H2. The summed E-state index contributed by atoms with van der Waals surface area (Å²) in [6.45, 7) is 0. The first-order valence-electron chi connectivity index (χ1n) is 7.21. The first-order valence-corrected chi connectivity index (χ1v) is 7.59. The number of carbonyl (C=O) groups is 1. The molecule has 0 amide bonds. The molecule has 0 bridgehead atoms. The number of halogens is 2. The summed E-state index contributed by atoms with van der Waals surface area (Å²) in [6, 6.07) is 8.92. The van der Waals surface area contributed by atoms with Crippen LogP contribution in [0.2, 0.25) is 5.02 Å². The van der Waals surface area contributed by atoms with Crippen molar-refractivity contribution >= 4 is 46.4 Å². The van der Waals surface area contributed by atoms with Gasteiger partial charge in [0, 0.05) is 34.1 Å². The Morgan fingerprint density at radius 1 is 1.20 bits per heavy atom. The smallest absolute Gasteiger partial charge is 0.151 e. The van der Waals surface area contributed by atoms with E-state index in [9.17, 15) is 9.18 Å². The van der Waals surface area contributed by atoms with Crippen molar-refractivity contribution in [3.05, 3.63) is 70.3 Å². The Bertz CT molecular complexity index is 1030. The van der Waals surface area contributed by atoms with E-state index in [1.54, 1.807) is 18.2 Å². The quantitative estimate of drug-likeness (QED) is 0.551. The lowest BCUT2D eigenvalue weighted by atomic mass is 10.0. The normalized spacial score (nSPS) is 11.9. The van der Waals surface area contributed by atoms with Crippen LogP contribution in [0.5, 0.6) is 0 Å². The molecule has 0 unspecified atom stereocenters. The van der Waals surface area contributed by atoms with Crippen LogP contribution < -0.4 is 5.73 Å². The molecule has 0 aliphatic rings. The number of aldehydes is 1. The number of nitrogens with one attached hydrogen (secondary N) is 1. The minimum atomic E-state index is -0.549. The van der Waals surface area contributed by atoms with Gasteiger partial charge in [-0.05, 0) is 36.4 Å². The Balaban J connectivity index is 2.20. The van der Waals surface area contributed by atoms with Gasteiger partial charge in [-0.2, -0.15) is 0 Å². The van der Waals surface area contributed by atoms with Gasteiger partial charge < -0.3 is 11.1 Å². The lowest BCUT2D eigenvalue weighted by Gasteiger charge is -2.10. The Morgan fingerprint density at radius 2 is 2.00 bits per heavy atom. The van der Waals surface area contributed by atoms with Gasteiger partial charge in [0.25, 0.3) is 0 Å². The van der Waals surface area contributed by atoms with Gasteiger partial charge in [0.2, 0.25) is 0 Å². The van der Waals surface area contributed by atoms with Gasteiger partial charge in [-0.3, -0.25) is 9.78 Å². The minimum Gasteiger partial charge on any atom is -0.398 e. The molecule has 124 valence electrons. The molecule has 0 fully saturated rings. The highest BCUT2D eigenvalue weighted by atomic mass is 35.5. The third-order valence-corrected chi connectivity index (χ3v) is 3.86. The van der Waals surface area contributed by atoms with Crippen molar-refractivity contribution in [2.75, 3.05) is 0 Å². The summed E-state index contributed by atoms with van der Waals surface area (Å²) in [5.74, 6) is -0.549. The Morgan fingerprint density at radius 3 is 2.72 bits per heavy atom. The molecule has 3 N–H and O–H groups in total. The van der Waals surface area contributed by atoms with E-state index in [1.807, 2.05) is 0 Å². The van der Waals surface area contributed by atoms with Crippen molar-refractivity contribution in [3.63, 3.8) is 0 Å². The van der Waals surface area contributed by atoms with E-state index in [2.05, 4.69) is 9.97 Å². The number of hydrogen-bond donors (Lipinski definition) is 2. The topological polar surface area (TPSA) is 92.7 Å². The van der Waals surface area contributed by atoms with Crippen molar-refractivity contribution in [3.8, 4) is 0 Å². The molecular formula is C18H12ClFN4O. The monoisotopic (exact) mass is 354 g/mol. The second kappa shape index (κ2) is 6.78. The molecule has 0 saturated carbocycles. The highest BCUT2D eigenvalue weighted by molar-refractivity contribution is 6.31. The van der Waals surface area contributed by atoms with E-state index >= 15 is 0 Å². The number of benzene rings is 1. The second-order valence-corrected chi connectivity index (χ2v) is 5.65. The van der Waals surface area contributed by atoms with Crippen LogP contribution in [0, 0.1) is 11.2 Å². The van der Waals surface area contributed by atoms with Gasteiger partial charge in [-0.1, -0.05) is 11.6 Å². The molecule has 0 radical (unpaired) electrons. The largest absolute Gasteiger partial charge is 0.398 e. The first kappa shape index (κ1) is 16.7. The maximum absolute atomic E-state index is 14.1. The average molecular weight is 355 g/mol. The third kappa shape index (κ3) is 3.25. The molecule has 25 heavy (non-hydrogen) atoms. The Kier molecular flexibility index (Phi) is 4.54. The lowest BCUT2D eigenvalue weighted by molar-refractivity contribution is 0.112. The molecule has 0 aliphatic carbocycles. The SMILES string of the molecule is N=CC(=C(N)c1cc(Cl)ccc1F)c1ccc2ncc(C=O)cc2n1. The summed E-state index contributed by atoms with van der Waals surface area (Å²) in [5.41, 5.74) is 8.25. The third-order valence-electron chi connectivity index (χ3n) is 3.62. The number of allylic oxidation sites excluding steroid dienone is 1. The molecule has 2 heterocycles. The number of hydrogen-bond acceptors (Lipinski definition) is 5. The zero-order valence-electron chi connectivity index (χ0n) is 12.8. The lowest BCUT2D eigenvalue weighted by Crippen LogP contribution is -2.06. The zero-order chi connectivity index (χ0) is 18.0. The van der Waals surface area contributed by atoms with E-state index in [1.165, 1.54) is 24.4 Å². The number of aromatic nitrogens is 2. The maximum atomic E-state index is 14.1. The maximum Gasteiger partial charge on any atom is 0.151 e. The van der Waals surface area contributed by atoms with Crippen LogP contribution >= 0.6 is 11.6 Å². The summed E-state index contributed by atoms with van der Waals surface area (Å²) < 4.78 is 14.1. The van der Waals surface area contributed by atoms with Gasteiger partial charge in [-0.25, -0.2) is 9.37 Å². The van der Waals surface area contributed by atoms with E-state index in [-0.39, 0.29) is 16.8 Å². The summed E-state index contributed by atoms with van der Waals surface area (Å²) in [6.07, 6.45) is 3.12. The van der Waals surface area contributed by atoms with Crippen LogP contribution in [0.15, 0.2) is 42.6 Å². The number of rotatable bonds is 4. The van der Waals surface area contributed by atoms with E-state index in [0.29, 0.717) is 33.6 Å². The van der Waals surface area contributed by atoms with Crippen LogP contribution in [0.3, 0.4) is 0 Å². The van der Waals surface area contributed by atoms with Crippen LogP contribution in [0.4, 0.5) is 4.39 Å². The summed E-state index contributed by atoms with van der Waals surface area (Å²) in [5, 5.41) is 7.99. The predicted octanol–water partition coefficient (Wildman–Crippen LogP) is 3.71. The van der Waals surface area contributed by atoms with Crippen LogP contribution in [-0.2, 0) is 0 Å². The Hall–Kier alpha value is -3.12. The average Bonchev–Trinajstić information content (AvgIpc) is 2.63. The van der Waals surface area contributed by atoms with E-state index < -0.39 is 5.82 Å². The molecule has 0 aliphatic heterocycles. The molecule has 2 aromatic heterocycles. The second-order valence-electron chi connectivity index (χ2n) is 5.22. The van der Waals surface area contributed by atoms with Crippen molar-refractivity contribution in [2.24, 2.45) is 5.73 Å². The Labute approximate surface area is 147 Å². The summed E-state index contributed by atoms with van der Waals surface area (Å²) in [4.78, 5) is 19.4. The first-order chi connectivity index (χ1) is 12.0. The van der Waals surface area contributed by atoms with Gasteiger partial charge in [0.05, 0.1) is 22.4 Å². The predicted molar refractivity (Wildman–Crippen MR) is 96.1 cm³/mol. The van der Waals surface area contributed by atoms with Gasteiger partial charge >= 0.3 is 0 Å². The fourth-order valence-electron chi connectivity index (χ4n) is 2.38. The number of nitrogens with two attached hydrogens (primary N) is 1. The fraction of sp³-hybridized carbons (Fsp3) is 0. The zero-order valence-corrected chi connectivity index (χ0v) is 13.6. The molecular weight excluding hydrogens is 343 g/mol. The van der Waals surface area contributed by atoms with Crippen LogP contribution in [0.25, 0.3) is 22.3 Å². The number of carbonyl (C=O) groups excluding carboxylic acids is 1. The molecule has 1 aromatic carbocycles. The van der Waals surface area contributed by atoms with Crippen LogP contribution in [-0.4, -0.2) is 22.5 Å². The molecule has 7 heteroatoms. The van der Waals surface area contributed by atoms with Crippen LogP contribution in [0.1, 0.15) is 21.6 Å². The number of pyridine rings is 2. The highest BCUT2D eigenvalue weighted by Gasteiger charge is 2.13. The van der Waals surface area contributed by atoms with E-state index in [0.717, 1.165) is 6.21 Å². The molecule has 0 atom stereocenters. The molecule has 3 rings (SSSR count). The van der Waals surface area contributed by atoms with Gasteiger partial charge in [-0.15, -0.1) is 0 Å². The molecule has 0 spiro atoms. The molecule has 0 saturated heterocycles. The van der Waals surface area contributed by atoms with Gasteiger partial charge in [0.15, 0.2) is 6.29 Å². The molecule has 5 nitrogen and oxygen atoms in total. The number of fused-ring (bicyclic) bond motifs is 1. The van der Waals surface area contributed by atoms with Crippen molar-refractivity contribution in [1.82, 2.24) is 9.97 Å². The summed E-state index contributed by atoms with van der Waals surface area (Å²) >= 11 is 5.91. The van der Waals surface area contributed by atoms with E-state index in [4.69, 9.17) is 22.7 Å². The molecule has 3 aromatic rings. The minimum absolute atomic E-state index is 0.0429. The fourth-order valence-corrected chi connectivity index (χ4v) is 2.55. The number of nitrogens with zero attached hydrogens (tertiary/aromatic N) is 2.